The monoisotopic (exact) mass is 2070 g/mol. The number of nitrogens with two attached hydrogens (primary N) is 2. The Morgan fingerprint density at radius 3 is 0.965 bits per heavy atom. The number of benzene rings is 6. The summed E-state index contributed by atoms with van der Waals surface area (Å²) in [7, 11) is -8.33. The van der Waals surface area contributed by atoms with Gasteiger partial charge in [-0.25, -0.2) is 9.97 Å². The van der Waals surface area contributed by atoms with E-state index in [1.54, 1.807) is 0 Å². The number of hydrogen-bond donors (Lipinski definition) is 4. The summed E-state index contributed by atoms with van der Waals surface area (Å²) in [5.41, 5.74) is 12.2. The molecule has 0 amide bonds. The molecule has 17 rings (SSSR count). The van der Waals surface area contributed by atoms with Crippen LogP contribution in [0.1, 0.15) is 229 Å². The Kier molecular flexibility index (Phi) is 36.7. The second kappa shape index (κ2) is 47.3. The fourth-order valence-electron chi connectivity index (χ4n) is 20.6. The van der Waals surface area contributed by atoms with Crippen LogP contribution < -0.4 is 52.3 Å². The number of hydrogen-bond acceptors (Lipinski definition) is 32. The normalized spacial score (nSPS) is 24.9. The van der Waals surface area contributed by atoms with Crippen LogP contribution in [0.5, 0.6) is 0 Å². The zero-order valence-electron chi connectivity index (χ0n) is 86.6. The van der Waals surface area contributed by atoms with Crippen molar-refractivity contribution in [3.63, 3.8) is 0 Å². The molecule has 0 bridgehead atoms. The lowest BCUT2D eigenvalue weighted by Crippen LogP contribution is -2.68. The summed E-state index contributed by atoms with van der Waals surface area (Å²) in [5, 5.41) is 26.4. The van der Waals surface area contributed by atoms with Gasteiger partial charge >= 0.3 is 33.6 Å². The standard InChI is InChI=1S/C30H36N4O5SSi.C27H36O6Si.C26H36O4Si.C14H18N4O5S.C10H18O4/c1-6-22(39-41(30(3,4)5,20-13-9-7-10-14-20)21-15-11-8-12-16-21)23-17-24(37-19(2)35)27(38-23)34-26-25(40-29(34)36)18-32-28(31)33-26;1-7-23(24-18-25(30-19(2)28)26(32-24)31-20(3)29)33-34(27(4,5)6,21-14-10-8-11-15-21)22-16-12-9-13-17-22;1-7-21(22-18-23-24(27-22)29-26(5,6)28-23)30-31(25(2,3)4,19-14-10-8-11-15-19)20-16-12-9-13-17-20;1-3-7(20)8-4-9(22-6(2)19)12(23-8)18-11-10(24-14(18)21)5-16-13(15)17-11;1-4-6(11)7-5-8-9(12-7)14-10(2,3)13-8/h7-16,18,22-24,27H,6,17H2,1-5H3,(H2,31,32,33);8-17,23-26H,7,18H2,1-6H3;8-17,21-24H,7,18H2,1-6H3;5,7-9,12,20H,3-4H2,1-2H3,(H2,15,16,17);6-9,11H,4-5H2,1-3H3/t22?,23-,24+,27+;23?,24-,25+,26?;21?,22-,23+,24+;7?,8-,9+,12+;6?,7-,8+,9+/m00000/s1. The zero-order valence-corrected chi connectivity index (χ0v) is 91.3. The Hall–Kier alpha value is -9.57. The number of aliphatic hydroxyl groups excluding tert-OH is 2. The average Bonchev–Trinajstić information content (AvgIpc) is 1.08. The number of nitrogens with zero attached hydrogens (tertiary/aromatic N) is 6. The number of fused-ring (bicyclic) bond motifs is 4. The van der Waals surface area contributed by atoms with Gasteiger partial charge in [0.1, 0.15) is 24.4 Å². The SMILES string of the molecule is CCC(O)[C@@H]1C[C@@H](OC(C)=O)[C@H](n2c(=O)sc3cnc(N)nc32)O1.CCC(O)[C@@H]1C[C@H]2OC(C)(C)O[C@H]2O1.CCC(O[Si](c1ccccc1)(c1ccccc1)C(C)(C)C)[C@@H]1C[C@@H](OC(C)=O)C(OC(C)=O)O1.CCC(O[Si](c1ccccc1)(c1ccccc1)C(C)(C)C)[C@@H]1C[C@@H](OC(C)=O)[C@H](n2c(=O)sc3cnc(N)nc32)O1.CCC(O[Si](c1ccccc1)(c1ccccc1)C(C)(C)C)[C@@H]1C[C@H]2OC(C)(C)O[C@H]2O1. The van der Waals surface area contributed by atoms with Crippen molar-refractivity contribution in [1.29, 1.82) is 0 Å². The van der Waals surface area contributed by atoms with Crippen molar-refractivity contribution in [1.82, 2.24) is 29.1 Å². The van der Waals surface area contributed by atoms with Crippen LogP contribution >= 0.6 is 22.7 Å². The summed E-state index contributed by atoms with van der Waals surface area (Å²) in [6.45, 7) is 43.3. The molecule has 10 aromatic rings. The highest BCUT2D eigenvalue weighted by Gasteiger charge is 2.60. The maximum absolute atomic E-state index is 13.2. The molecular weight excluding hydrogens is 1930 g/mol. The molecule has 7 saturated heterocycles. The van der Waals surface area contributed by atoms with Crippen LogP contribution in [0.25, 0.3) is 20.7 Å². The maximum atomic E-state index is 13.2. The third kappa shape index (κ3) is 25.3. The number of ether oxygens (including phenoxy) is 13. The molecular formula is C107H144N8O24S2Si3. The van der Waals surface area contributed by atoms with Crippen LogP contribution in [0.2, 0.25) is 15.1 Å². The molecule has 7 fully saturated rings. The molecule has 144 heavy (non-hydrogen) atoms. The van der Waals surface area contributed by atoms with Crippen LogP contribution in [-0.2, 0) is 94.0 Å². The van der Waals surface area contributed by atoms with E-state index < -0.39 is 122 Å². The molecule has 6 N–H and O–H groups in total. The first-order valence-corrected chi connectivity index (χ1v) is 57.2. The van der Waals surface area contributed by atoms with Crippen molar-refractivity contribution >= 4 is 135 Å². The highest BCUT2D eigenvalue weighted by atomic mass is 32.1. The van der Waals surface area contributed by atoms with Crippen LogP contribution in [0.3, 0.4) is 0 Å². The number of aromatic nitrogens is 6. The number of nitrogen functional groups attached to an aromatic ring is 2. The van der Waals surface area contributed by atoms with Crippen LogP contribution in [0.4, 0.5) is 11.9 Å². The molecule has 11 heterocycles. The van der Waals surface area contributed by atoms with Gasteiger partial charge in [-0.05, 0) is 106 Å². The first kappa shape index (κ1) is 112. The fourth-order valence-corrected chi connectivity index (χ4v) is 36.6. The Bertz CT molecular complexity index is 5850. The third-order valence-electron chi connectivity index (χ3n) is 27.0. The molecule has 780 valence electrons. The van der Waals surface area contributed by atoms with Gasteiger partial charge in [0, 0.05) is 59.8 Å². The van der Waals surface area contributed by atoms with E-state index in [9.17, 15) is 39.0 Å². The molecule has 0 spiro atoms. The number of esters is 4. The molecule has 0 radical (unpaired) electrons. The van der Waals surface area contributed by atoms with Crippen LogP contribution in [-0.4, -0.2) is 210 Å². The van der Waals surface area contributed by atoms with E-state index in [0.717, 1.165) is 52.3 Å². The molecule has 0 aliphatic carbocycles. The molecule has 7 aliphatic heterocycles. The summed E-state index contributed by atoms with van der Waals surface area (Å²) < 4.78 is 101. The molecule has 0 saturated carbocycles. The lowest BCUT2D eigenvalue weighted by molar-refractivity contribution is -0.214. The van der Waals surface area contributed by atoms with Gasteiger partial charge in [0.05, 0.1) is 82.8 Å². The molecule has 32 nitrogen and oxygen atoms in total. The predicted molar refractivity (Wildman–Crippen MR) is 559 cm³/mol. The highest BCUT2D eigenvalue weighted by molar-refractivity contribution is 7.16. The van der Waals surface area contributed by atoms with E-state index >= 15 is 0 Å². The third-order valence-corrected chi connectivity index (χ3v) is 43.9. The number of carbonyl (C=O) groups excluding carboxylic acids is 4. The lowest BCUT2D eigenvalue weighted by atomic mass is 10.1. The molecule has 37 heteroatoms. The van der Waals surface area contributed by atoms with Gasteiger partial charge in [-0.2, -0.15) is 9.97 Å². The van der Waals surface area contributed by atoms with E-state index in [4.69, 9.17) is 86.3 Å². The van der Waals surface area contributed by atoms with Crippen molar-refractivity contribution in [3.8, 4) is 0 Å². The first-order valence-electron chi connectivity index (χ1n) is 49.9. The Balaban J connectivity index is 0.000000156. The largest absolute Gasteiger partial charge is 0.458 e. The fraction of sp³-hybridized carbons (Fsp3) is 0.533. The van der Waals surface area contributed by atoms with Gasteiger partial charge < -0.3 is 96.5 Å². The minimum atomic E-state index is -2.90. The van der Waals surface area contributed by atoms with Crippen LogP contribution in [0.15, 0.2) is 204 Å². The van der Waals surface area contributed by atoms with E-state index in [0.29, 0.717) is 65.6 Å². The van der Waals surface area contributed by atoms with Gasteiger partial charge in [-0.15, -0.1) is 0 Å². The van der Waals surface area contributed by atoms with E-state index in [-0.39, 0.29) is 98.2 Å². The van der Waals surface area contributed by atoms with Gasteiger partial charge in [0.15, 0.2) is 54.0 Å². The Labute approximate surface area is 854 Å². The molecule has 6 unspecified atom stereocenters. The quantitative estimate of drug-likeness (QED) is 0.0201. The summed E-state index contributed by atoms with van der Waals surface area (Å²) in [6, 6.07) is 63.2. The molecule has 4 aromatic heterocycles. The van der Waals surface area contributed by atoms with Gasteiger partial charge in [-0.1, -0.05) is 302 Å². The number of thiazole rings is 2. The number of rotatable bonds is 28. The van der Waals surface area contributed by atoms with Crippen molar-refractivity contribution in [2.45, 2.75) is 366 Å². The first-order chi connectivity index (χ1) is 68.2. The van der Waals surface area contributed by atoms with Crippen molar-refractivity contribution < 1.29 is 104 Å². The highest BCUT2D eigenvalue weighted by Crippen LogP contribution is 2.48. The second-order valence-corrected chi connectivity index (χ2v) is 56.0. The zero-order chi connectivity index (χ0) is 104. The Morgan fingerprint density at radius 1 is 0.396 bits per heavy atom. The Morgan fingerprint density at radius 2 is 0.667 bits per heavy atom. The number of carbonyl (C=O) groups is 4. The van der Waals surface area contributed by atoms with Gasteiger partial charge in [0.25, 0.3) is 25.0 Å². The minimum absolute atomic E-state index is 0.0174. The summed E-state index contributed by atoms with van der Waals surface area (Å²) in [5.74, 6) is -2.91. The van der Waals surface area contributed by atoms with Crippen LogP contribution in [0, 0.1) is 0 Å². The second-order valence-electron chi connectivity index (χ2n) is 41.3. The average molecular weight is 2070 g/mol. The molecule has 7 aliphatic rings. The maximum Gasteiger partial charge on any atom is 0.311 e. The van der Waals surface area contributed by atoms with Gasteiger partial charge in [-0.3, -0.25) is 37.9 Å². The predicted octanol–water partition coefficient (Wildman–Crippen LogP) is 14.0. The van der Waals surface area contributed by atoms with Gasteiger partial charge in [0.2, 0.25) is 18.2 Å². The minimum Gasteiger partial charge on any atom is -0.458 e. The van der Waals surface area contributed by atoms with E-state index in [1.165, 1.54) is 70.0 Å². The molecule has 20 atom stereocenters. The smallest absolute Gasteiger partial charge is 0.311 e. The van der Waals surface area contributed by atoms with Crippen molar-refractivity contribution in [2.75, 3.05) is 11.5 Å². The topological polar surface area (TPSA) is 404 Å². The number of aliphatic hydroxyl groups is 2. The van der Waals surface area contributed by atoms with Crippen molar-refractivity contribution in [2.24, 2.45) is 0 Å². The summed E-state index contributed by atoms with van der Waals surface area (Å²) in [6.07, 6.45) is 0.236. The van der Waals surface area contributed by atoms with E-state index in [1.807, 2.05) is 65.8 Å². The molecule has 6 aromatic carbocycles. The van der Waals surface area contributed by atoms with E-state index in [2.05, 4.69) is 261 Å². The summed E-state index contributed by atoms with van der Waals surface area (Å²) >= 11 is 1.95. The van der Waals surface area contributed by atoms with Crippen molar-refractivity contribution in [3.05, 3.63) is 214 Å². The number of anilines is 2. The summed E-state index contributed by atoms with van der Waals surface area (Å²) in [4.78, 5) is 88.1. The lowest BCUT2D eigenvalue weighted by Gasteiger charge is -2.46.